The molecule has 4 unspecified atom stereocenters. The average molecular weight is 232 g/mol. The summed E-state index contributed by atoms with van der Waals surface area (Å²) in [4.78, 5) is 2.27. The van der Waals surface area contributed by atoms with E-state index in [2.05, 4.69) is 18.7 Å². The minimum absolute atomic E-state index is 0.0578. The highest BCUT2D eigenvalue weighted by Crippen LogP contribution is 2.27. The molecule has 0 bridgehead atoms. The van der Waals surface area contributed by atoms with Crippen LogP contribution in [0.5, 0.6) is 0 Å². The van der Waals surface area contributed by atoms with Gasteiger partial charge in [-0.3, -0.25) is 4.90 Å². The molecule has 0 radical (unpaired) electrons. The molecule has 2 aliphatic rings. The van der Waals surface area contributed by atoms with Gasteiger partial charge in [0, 0.05) is 25.2 Å². The van der Waals surface area contributed by atoms with E-state index in [4.69, 9.17) is 5.73 Å². The van der Waals surface area contributed by atoms with E-state index in [9.17, 15) is 8.42 Å². The smallest absolute Gasteiger partial charge is 0.153 e. The summed E-state index contributed by atoms with van der Waals surface area (Å²) < 4.78 is 22.9. The van der Waals surface area contributed by atoms with Crippen molar-refractivity contribution in [3.63, 3.8) is 0 Å². The van der Waals surface area contributed by atoms with Gasteiger partial charge in [-0.05, 0) is 11.8 Å². The van der Waals surface area contributed by atoms with Gasteiger partial charge in [0.05, 0.1) is 11.5 Å². The Hall–Kier alpha value is -0.130. The summed E-state index contributed by atoms with van der Waals surface area (Å²) in [6.45, 7) is 6.43. The summed E-state index contributed by atoms with van der Waals surface area (Å²) in [6.07, 6.45) is 0. The van der Waals surface area contributed by atoms with Gasteiger partial charge in [-0.25, -0.2) is 8.42 Å². The summed E-state index contributed by atoms with van der Waals surface area (Å²) in [5.74, 6) is 1.73. The Morgan fingerprint density at radius 1 is 1.13 bits per heavy atom. The number of sulfone groups is 1. The molecular weight excluding hydrogens is 212 g/mol. The fourth-order valence-corrected chi connectivity index (χ4v) is 4.60. The molecule has 4 atom stereocenters. The molecule has 2 rings (SSSR count). The Balaban J connectivity index is 2.07. The van der Waals surface area contributed by atoms with E-state index in [1.165, 1.54) is 0 Å². The van der Waals surface area contributed by atoms with Gasteiger partial charge in [0.2, 0.25) is 0 Å². The molecule has 0 saturated carbocycles. The predicted octanol–water partition coefficient (Wildman–Crippen LogP) is -0.301. The molecule has 0 aliphatic carbocycles. The Bertz CT molecular complexity index is 331. The predicted molar refractivity (Wildman–Crippen MR) is 60.3 cm³/mol. The first kappa shape index (κ1) is 11.4. The maximum Gasteiger partial charge on any atom is 0.153 e. The number of hydrogen-bond donors (Lipinski definition) is 1. The third-order valence-electron chi connectivity index (χ3n) is 3.85. The average Bonchev–Trinajstić information content (AvgIpc) is 2.54. The SMILES string of the molecule is CC1CN(C2CS(=O)(=O)CC2N)CC1C. The summed E-state index contributed by atoms with van der Waals surface area (Å²) in [7, 11) is -2.88. The summed E-state index contributed by atoms with van der Waals surface area (Å²) in [6, 6.07) is -0.130. The largest absolute Gasteiger partial charge is 0.325 e. The van der Waals surface area contributed by atoms with Crippen molar-refractivity contribution in [3.05, 3.63) is 0 Å². The fourth-order valence-electron chi connectivity index (χ4n) is 2.68. The molecule has 5 heteroatoms. The molecule has 4 nitrogen and oxygen atoms in total. The summed E-state index contributed by atoms with van der Waals surface area (Å²) >= 11 is 0. The van der Waals surface area contributed by atoms with Gasteiger partial charge in [0.15, 0.2) is 9.84 Å². The lowest BCUT2D eigenvalue weighted by atomic mass is 10.0. The highest BCUT2D eigenvalue weighted by molar-refractivity contribution is 7.91. The van der Waals surface area contributed by atoms with E-state index < -0.39 is 9.84 Å². The van der Waals surface area contributed by atoms with Gasteiger partial charge in [0.1, 0.15) is 0 Å². The van der Waals surface area contributed by atoms with Crippen LogP contribution in [0.1, 0.15) is 13.8 Å². The number of rotatable bonds is 1. The molecule has 0 amide bonds. The second-order valence-electron chi connectivity index (χ2n) is 5.22. The van der Waals surface area contributed by atoms with Crippen molar-refractivity contribution < 1.29 is 8.42 Å². The summed E-state index contributed by atoms with van der Waals surface area (Å²) in [5, 5.41) is 0. The molecule has 2 saturated heterocycles. The molecule has 15 heavy (non-hydrogen) atoms. The first-order valence-corrected chi connectivity index (χ1v) is 7.41. The Morgan fingerprint density at radius 2 is 1.67 bits per heavy atom. The van der Waals surface area contributed by atoms with E-state index in [0.29, 0.717) is 11.8 Å². The van der Waals surface area contributed by atoms with Crippen LogP contribution in [0, 0.1) is 11.8 Å². The van der Waals surface area contributed by atoms with Crippen molar-refractivity contribution in [2.24, 2.45) is 17.6 Å². The van der Waals surface area contributed by atoms with Crippen molar-refractivity contribution in [2.75, 3.05) is 24.6 Å². The molecule has 2 heterocycles. The molecule has 2 fully saturated rings. The van der Waals surface area contributed by atoms with Crippen LogP contribution in [-0.4, -0.2) is 50.0 Å². The van der Waals surface area contributed by atoms with Crippen molar-refractivity contribution in [3.8, 4) is 0 Å². The maximum absolute atomic E-state index is 11.5. The van der Waals surface area contributed by atoms with Gasteiger partial charge in [0.25, 0.3) is 0 Å². The first-order chi connectivity index (χ1) is 6.89. The van der Waals surface area contributed by atoms with Crippen LogP contribution in [0.3, 0.4) is 0 Å². The fraction of sp³-hybridized carbons (Fsp3) is 1.00. The zero-order chi connectivity index (χ0) is 11.2. The molecule has 88 valence electrons. The van der Waals surface area contributed by atoms with Crippen LogP contribution in [0.25, 0.3) is 0 Å². The number of likely N-dealkylation sites (tertiary alicyclic amines) is 1. The van der Waals surface area contributed by atoms with Gasteiger partial charge in [-0.1, -0.05) is 13.8 Å². The zero-order valence-corrected chi connectivity index (χ0v) is 10.2. The maximum atomic E-state index is 11.5. The molecule has 2 N–H and O–H groups in total. The van der Waals surface area contributed by atoms with Crippen LogP contribution in [0.2, 0.25) is 0 Å². The van der Waals surface area contributed by atoms with E-state index >= 15 is 0 Å². The van der Waals surface area contributed by atoms with Crippen molar-refractivity contribution in [1.29, 1.82) is 0 Å². The summed E-state index contributed by atoms with van der Waals surface area (Å²) in [5.41, 5.74) is 5.90. The van der Waals surface area contributed by atoms with Crippen LogP contribution >= 0.6 is 0 Å². The lowest BCUT2D eigenvalue weighted by Crippen LogP contribution is -2.46. The van der Waals surface area contributed by atoms with E-state index in [1.807, 2.05) is 0 Å². The van der Waals surface area contributed by atoms with Gasteiger partial charge >= 0.3 is 0 Å². The molecule has 0 aromatic rings. The van der Waals surface area contributed by atoms with Crippen molar-refractivity contribution in [2.45, 2.75) is 25.9 Å². The monoisotopic (exact) mass is 232 g/mol. The van der Waals surface area contributed by atoms with Crippen LogP contribution < -0.4 is 5.73 Å². The minimum atomic E-state index is -2.88. The highest BCUT2D eigenvalue weighted by atomic mass is 32.2. The normalized spacial score (nSPS) is 46.1. The number of hydrogen-bond acceptors (Lipinski definition) is 4. The lowest BCUT2D eigenvalue weighted by molar-refractivity contribution is 0.234. The van der Waals surface area contributed by atoms with Gasteiger partial charge in [-0.2, -0.15) is 0 Å². The quantitative estimate of drug-likeness (QED) is 0.674. The zero-order valence-electron chi connectivity index (χ0n) is 9.39. The van der Waals surface area contributed by atoms with Crippen molar-refractivity contribution in [1.82, 2.24) is 4.90 Å². The van der Waals surface area contributed by atoms with Gasteiger partial charge in [-0.15, -0.1) is 0 Å². The molecule has 2 aliphatic heterocycles. The second-order valence-corrected chi connectivity index (χ2v) is 7.37. The third-order valence-corrected chi connectivity index (χ3v) is 5.59. The molecule has 0 aromatic carbocycles. The molecular formula is C10H20N2O2S. The van der Waals surface area contributed by atoms with Crippen molar-refractivity contribution >= 4 is 9.84 Å². The topological polar surface area (TPSA) is 63.4 Å². The third kappa shape index (κ3) is 2.19. The first-order valence-electron chi connectivity index (χ1n) is 5.59. The molecule has 0 spiro atoms. The minimum Gasteiger partial charge on any atom is -0.325 e. The van der Waals surface area contributed by atoms with E-state index in [0.717, 1.165) is 13.1 Å². The highest BCUT2D eigenvalue weighted by Gasteiger charge is 2.42. The molecule has 0 aromatic heterocycles. The van der Waals surface area contributed by atoms with Gasteiger partial charge < -0.3 is 5.73 Å². The van der Waals surface area contributed by atoms with E-state index in [1.54, 1.807) is 0 Å². The Labute approximate surface area is 91.7 Å². The number of nitrogens with zero attached hydrogens (tertiary/aromatic N) is 1. The van der Waals surface area contributed by atoms with E-state index in [-0.39, 0.29) is 23.6 Å². The Morgan fingerprint density at radius 3 is 2.07 bits per heavy atom. The van der Waals surface area contributed by atoms with Crippen LogP contribution in [-0.2, 0) is 9.84 Å². The van der Waals surface area contributed by atoms with Crippen LogP contribution in [0.4, 0.5) is 0 Å². The number of nitrogens with two attached hydrogens (primary N) is 1. The lowest BCUT2D eigenvalue weighted by Gasteiger charge is -2.25. The second kappa shape index (κ2) is 3.71. The Kier molecular flexibility index (Phi) is 2.81. The van der Waals surface area contributed by atoms with Crippen LogP contribution in [0.15, 0.2) is 0 Å². The standard InChI is InChI=1S/C10H20N2O2S/c1-7-3-12(4-8(7)2)10-6-15(13,14)5-9(10)11/h7-10H,3-6,11H2,1-2H3.